The molecule has 0 bridgehead atoms. The SMILES string of the molecule is O=C(c1cccc(C(F)(F)F)c1)c1cnc(N2CCCC(F)C2)s1. The maximum Gasteiger partial charge on any atom is 0.416 e. The number of aromatic nitrogens is 1. The Kier molecular flexibility index (Phi) is 4.58. The molecule has 1 fully saturated rings. The molecule has 0 saturated carbocycles. The summed E-state index contributed by atoms with van der Waals surface area (Å²) in [7, 11) is 0. The number of carbonyl (C=O) groups excluding carboxylic acids is 1. The number of benzene rings is 1. The first-order chi connectivity index (χ1) is 11.3. The Labute approximate surface area is 139 Å². The number of hydrogen-bond acceptors (Lipinski definition) is 4. The third-order valence-corrected chi connectivity index (χ3v) is 4.86. The molecule has 1 aliphatic rings. The van der Waals surface area contributed by atoms with Crippen LogP contribution in [0.1, 0.15) is 33.6 Å². The van der Waals surface area contributed by atoms with Gasteiger partial charge in [-0.15, -0.1) is 0 Å². The molecule has 3 rings (SSSR count). The summed E-state index contributed by atoms with van der Waals surface area (Å²) < 4.78 is 51.7. The Hall–Kier alpha value is -1.96. The van der Waals surface area contributed by atoms with Crippen LogP contribution in [-0.2, 0) is 6.18 Å². The minimum Gasteiger partial charge on any atom is -0.345 e. The number of hydrogen-bond donors (Lipinski definition) is 0. The second kappa shape index (κ2) is 6.51. The Bertz CT molecular complexity index is 744. The predicted octanol–water partition coefficient (Wildman–Crippen LogP) is 4.33. The van der Waals surface area contributed by atoms with E-state index in [4.69, 9.17) is 0 Å². The highest BCUT2D eigenvalue weighted by molar-refractivity contribution is 7.17. The molecule has 128 valence electrons. The van der Waals surface area contributed by atoms with E-state index < -0.39 is 23.7 Å². The van der Waals surface area contributed by atoms with Gasteiger partial charge in [0.1, 0.15) is 6.17 Å². The minimum atomic E-state index is -4.50. The van der Waals surface area contributed by atoms with Crippen LogP contribution < -0.4 is 4.90 Å². The third kappa shape index (κ3) is 3.58. The second-order valence-corrected chi connectivity index (χ2v) is 6.61. The summed E-state index contributed by atoms with van der Waals surface area (Å²) in [5.41, 5.74) is -0.906. The van der Waals surface area contributed by atoms with Crippen LogP contribution in [0, 0.1) is 0 Å². The summed E-state index contributed by atoms with van der Waals surface area (Å²) in [6.07, 6.45) is -2.87. The first kappa shape index (κ1) is 16.9. The van der Waals surface area contributed by atoms with E-state index in [0.717, 1.165) is 23.5 Å². The normalized spacial score (nSPS) is 18.7. The fourth-order valence-electron chi connectivity index (χ4n) is 2.59. The van der Waals surface area contributed by atoms with Gasteiger partial charge < -0.3 is 4.90 Å². The van der Waals surface area contributed by atoms with Crippen LogP contribution in [0.25, 0.3) is 0 Å². The number of alkyl halides is 4. The first-order valence-electron chi connectivity index (χ1n) is 7.41. The quantitative estimate of drug-likeness (QED) is 0.605. The maximum atomic E-state index is 13.5. The van der Waals surface area contributed by atoms with E-state index in [1.165, 1.54) is 18.3 Å². The molecule has 1 unspecified atom stereocenters. The van der Waals surface area contributed by atoms with Crippen LogP contribution in [0.15, 0.2) is 30.5 Å². The van der Waals surface area contributed by atoms with Gasteiger partial charge in [-0.1, -0.05) is 23.5 Å². The molecular weight excluding hydrogens is 344 g/mol. The zero-order valence-corrected chi connectivity index (χ0v) is 13.3. The molecule has 0 N–H and O–H groups in total. The number of anilines is 1. The van der Waals surface area contributed by atoms with E-state index >= 15 is 0 Å². The summed E-state index contributed by atoms with van der Waals surface area (Å²) in [5.74, 6) is -0.515. The molecule has 0 aliphatic carbocycles. The molecule has 0 amide bonds. The van der Waals surface area contributed by atoms with Gasteiger partial charge in [0.25, 0.3) is 0 Å². The predicted molar refractivity (Wildman–Crippen MR) is 83.3 cm³/mol. The van der Waals surface area contributed by atoms with Gasteiger partial charge in [-0.05, 0) is 25.0 Å². The molecule has 8 heteroatoms. The van der Waals surface area contributed by atoms with Crippen LogP contribution in [-0.4, -0.2) is 30.0 Å². The van der Waals surface area contributed by atoms with Gasteiger partial charge in [-0.3, -0.25) is 4.79 Å². The summed E-state index contributed by atoms with van der Waals surface area (Å²) in [6, 6.07) is 4.30. The van der Waals surface area contributed by atoms with Gasteiger partial charge >= 0.3 is 6.18 Å². The highest BCUT2D eigenvalue weighted by atomic mass is 32.1. The monoisotopic (exact) mass is 358 g/mol. The van der Waals surface area contributed by atoms with Crippen molar-refractivity contribution in [1.82, 2.24) is 4.98 Å². The number of nitrogens with zero attached hydrogens (tertiary/aromatic N) is 2. The third-order valence-electron chi connectivity index (χ3n) is 3.80. The number of ketones is 1. The molecule has 1 saturated heterocycles. The van der Waals surface area contributed by atoms with Crippen LogP contribution in [0.2, 0.25) is 0 Å². The summed E-state index contributed by atoms with van der Waals surface area (Å²) in [4.78, 5) is 18.5. The van der Waals surface area contributed by atoms with Crippen molar-refractivity contribution in [2.45, 2.75) is 25.2 Å². The number of thiazole rings is 1. The number of rotatable bonds is 3. The van der Waals surface area contributed by atoms with E-state index in [0.29, 0.717) is 24.5 Å². The molecule has 2 heterocycles. The first-order valence-corrected chi connectivity index (χ1v) is 8.23. The van der Waals surface area contributed by atoms with E-state index in [9.17, 15) is 22.4 Å². The van der Waals surface area contributed by atoms with Crippen LogP contribution in [0.3, 0.4) is 0 Å². The van der Waals surface area contributed by atoms with Crippen molar-refractivity contribution in [3.8, 4) is 0 Å². The summed E-state index contributed by atoms with van der Waals surface area (Å²) in [5, 5.41) is 0.521. The van der Waals surface area contributed by atoms with Crippen molar-refractivity contribution in [3.63, 3.8) is 0 Å². The van der Waals surface area contributed by atoms with Crippen molar-refractivity contribution in [2.75, 3.05) is 18.0 Å². The lowest BCUT2D eigenvalue weighted by Gasteiger charge is -2.28. The Morgan fingerprint density at radius 3 is 2.83 bits per heavy atom. The van der Waals surface area contributed by atoms with Crippen molar-refractivity contribution in [1.29, 1.82) is 0 Å². The fourth-order valence-corrected chi connectivity index (χ4v) is 3.51. The van der Waals surface area contributed by atoms with E-state index in [-0.39, 0.29) is 17.0 Å². The lowest BCUT2D eigenvalue weighted by Crippen LogP contribution is -2.36. The van der Waals surface area contributed by atoms with Crippen LogP contribution in [0.4, 0.5) is 22.7 Å². The lowest BCUT2D eigenvalue weighted by molar-refractivity contribution is -0.137. The van der Waals surface area contributed by atoms with Crippen LogP contribution in [0.5, 0.6) is 0 Å². The average Bonchev–Trinajstić information content (AvgIpc) is 3.03. The molecule has 1 atom stereocenters. The molecule has 24 heavy (non-hydrogen) atoms. The molecule has 3 nitrogen and oxygen atoms in total. The molecule has 0 radical (unpaired) electrons. The van der Waals surface area contributed by atoms with Crippen molar-refractivity contribution < 1.29 is 22.4 Å². The maximum absolute atomic E-state index is 13.5. The smallest absolute Gasteiger partial charge is 0.345 e. The largest absolute Gasteiger partial charge is 0.416 e. The fraction of sp³-hybridized carbons (Fsp3) is 0.375. The van der Waals surface area contributed by atoms with Gasteiger partial charge in [0.05, 0.1) is 23.2 Å². The molecule has 2 aromatic rings. The molecule has 0 spiro atoms. The number of piperidine rings is 1. The van der Waals surface area contributed by atoms with Gasteiger partial charge in [-0.25, -0.2) is 9.37 Å². The lowest BCUT2D eigenvalue weighted by atomic mass is 10.1. The molecule has 1 aliphatic heterocycles. The van der Waals surface area contributed by atoms with E-state index in [1.54, 1.807) is 4.90 Å². The molecule has 1 aromatic heterocycles. The van der Waals surface area contributed by atoms with E-state index in [2.05, 4.69) is 4.98 Å². The highest BCUT2D eigenvalue weighted by Gasteiger charge is 2.31. The van der Waals surface area contributed by atoms with E-state index in [1.807, 2.05) is 0 Å². The molecule has 1 aromatic carbocycles. The average molecular weight is 358 g/mol. The van der Waals surface area contributed by atoms with Gasteiger partial charge in [-0.2, -0.15) is 13.2 Å². The highest BCUT2D eigenvalue weighted by Crippen LogP contribution is 2.31. The Balaban J connectivity index is 1.81. The van der Waals surface area contributed by atoms with Crippen molar-refractivity contribution in [3.05, 3.63) is 46.5 Å². The second-order valence-electron chi connectivity index (χ2n) is 5.60. The standard InChI is InChI=1S/C16H14F4N2OS/c17-12-5-2-6-22(9-12)15-21-8-13(24-15)14(23)10-3-1-4-11(7-10)16(18,19)20/h1,3-4,7-8,12H,2,5-6,9H2. The Morgan fingerprint density at radius 2 is 2.12 bits per heavy atom. The number of carbonyl (C=O) groups is 1. The molecular formula is C16H14F4N2OS. The topological polar surface area (TPSA) is 33.2 Å². The van der Waals surface area contributed by atoms with Crippen molar-refractivity contribution >= 4 is 22.3 Å². The van der Waals surface area contributed by atoms with Crippen LogP contribution >= 0.6 is 11.3 Å². The summed E-state index contributed by atoms with van der Waals surface area (Å²) in [6.45, 7) is 0.885. The Morgan fingerprint density at radius 1 is 1.33 bits per heavy atom. The van der Waals surface area contributed by atoms with Gasteiger partial charge in [0, 0.05) is 12.1 Å². The zero-order valence-electron chi connectivity index (χ0n) is 12.5. The van der Waals surface area contributed by atoms with Crippen molar-refractivity contribution in [2.24, 2.45) is 0 Å². The van der Waals surface area contributed by atoms with Gasteiger partial charge in [0.2, 0.25) is 5.78 Å². The zero-order chi connectivity index (χ0) is 17.3. The van der Waals surface area contributed by atoms with Gasteiger partial charge in [0.15, 0.2) is 5.13 Å². The number of halogens is 4. The summed E-state index contributed by atoms with van der Waals surface area (Å²) >= 11 is 1.08. The minimum absolute atomic E-state index is 0.0398.